The quantitative estimate of drug-likeness (QED) is 0.869. The number of hydrogen-bond donors (Lipinski definition) is 2. The molecule has 16 heavy (non-hydrogen) atoms. The minimum Gasteiger partial charge on any atom is -0.406 e. The van der Waals surface area contributed by atoms with Crippen molar-refractivity contribution >= 4 is 12.4 Å². The smallest absolute Gasteiger partial charge is 0.406 e. The van der Waals surface area contributed by atoms with Crippen molar-refractivity contribution < 1.29 is 17.9 Å². The summed E-state index contributed by atoms with van der Waals surface area (Å²) in [7, 11) is 0. The Morgan fingerprint density at radius 3 is 2.06 bits per heavy atom. The molecule has 0 fully saturated rings. The topological polar surface area (TPSA) is 61.3 Å². The minimum absolute atomic E-state index is 0. The molecule has 0 saturated heterocycles. The van der Waals surface area contributed by atoms with Gasteiger partial charge >= 0.3 is 6.36 Å². The Kier molecular flexibility index (Phi) is 5.57. The SMILES string of the molecule is Cl.NC[C@@H](N)c1ccc(OC(F)(F)F)cc1. The third-order valence-corrected chi connectivity index (χ3v) is 1.80. The molecule has 1 rings (SSSR count). The van der Waals surface area contributed by atoms with Crippen molar-refractivity contribution in [2.24, 2.45) is 11.5 Å². The first-order valence-electron chi connectivity index (χ1n) is 4.24. The highest BCUT2D eigenvalue weighted by Gasteiger charge is 2.30. The summed E-state index contributed by atoms with van der Waals surface area (Å²) in [6.45, 7) is 0.236. The van der Waals surface area contributed by atoms with Gasteiger partial charge in [-0.3, -0.25) is 0 Å². The molecule has 0 heterocycles. The number of halogens is 4. The van der Waals surface area contributed by atoms with Crippen LogP contribution in [0.15, 0.2) is 24.3 Å². The van der Waals surface area contributed by atoms with Crippen LogP contribution in [0.3, 0.4) is 0 Å². The van der Waals surface area contributed by atoms with Gasteiger partial charge < -0.3 is 16.2 Å². The maximum absolute atomic E-state index is 11.8. The lowest BCUT2D eigenvalue weighted by molar-refractivity contribution is -0.274. The number of rotatable bonds is 3. The number of nitrogens with two attached hydrogens (primary N) is 2. The van der Waals surface area contributed by atoms with Crippen LogP contribution in [0.2, 0.25) is 0 Å². The largest absolute Gasteiger partial charge is 0.573 e. The summed E-state index contributed by atoms with van der Waals surface area (Å²) in [6.07, 6.45) is -4.67. The number of hydrogen-bond acceptors (Lipinski definition) is 3. The summed E-state index contributed by atoms with van der Waals surface area (Å²) < 4.78 is 39.1. The van der Waals surface area contributed by atoms with Crippen LogP contribution >= 0.6 is 12.4 Å². The third-order valence-electron chi connectivity index (χ3n) is 1.80. The van der Waals surface area contributed by atoms with Crippen LogP contribution < -0.4 is 16.2 Å². The molecule has 0 aliphatic heterocycles. The van der Waals surface area contributed by atoms with Crippen molar-refractivity contribution in [1.82, 2.24) is 0 Å². The number of alkyl halides is 3. The van der Waals surface area contributed by atoms with E-state index < -0.39 is 6.36 Å². The van der Waals surface area contributed by atoms with Gasteiger partial charge in [0.15, 0.2) is 0 Å². The fourth-order valence-corrected chi connectivity index (χ4v) is 1.05. The second-order valence-electron chi connectivity index (χ2n) is 2.96. The van der Waals surface area contributed by atoms with Crippen LogP contribution in [-0.4, -0.2) is 12.9 Å². The van der Waals surface area contributed by atoms with Crippen molar-refractivity contribution in [1.29, 1.82) is 0 Å². The summed E-state index contributed by atoms with van der Waals surface area (Å²) in [5.41, 5.74) is 11.6. The van der Waals surface area contributed by atoms with E-state index in [0.29, 0.717) is 5.56 Å². The minimum atomic E-state index is -4.67. The van der Waals surface area contributed by atoms with Crippen molar-refractivity contribution in [3.63, 3.8) is 0 Å². The van der Waals surface area contributed by atoms with E-state index in [2.05, 4.69) is 4.74 Å². The van der Waals surface area contributed by atoms with Crippen LogP contribution in [0.1, 0.15) is 11.6 Å². The molecule has 4 N–H and O–H groups in total. The van der Waals surface area contributed by atoms with Gasteiger partial charge in [-0.1, -0.05) is 12.1 Å². The van der Waals surface area contributed by atoms with Gasteiger partial charge in [-0.15, -0.1) is 25.6 Å². The Morgan fingerprint density at radius 1 is 1.19 bits per heavy atom. The summed E-state index contributed by atoms with van der Waals surface area (Å²) >= 11 is 0. The van der Waals surface area contributed by atoms with Gasteiger partial charge in [0.1, 0.15) is 5.75 Å². The second-order valence-corrected chi connectivity index (χ2v) is 2.96. The van der Waals surface area contributed by atoms with E-state index in [1.165, 1.54) is 24.3 Å². The second kappa shape index (κ2) is 5.93. The predicted octanol–water partition coefficient (Wildman–Crippen LogP) is 1.97. The van der Waals surface area contributed by atoms with Gasteiger partial charge in [0, 0.05) is 12.6 Å². The van der Waals surface area contributed by atoms with Crippen molar-refractivity contribution in [3.8, 4) is 5.75 Å². The van der Waals surface area contributed by atoms with Gasteiger partial charge in [0.05, 0.1) is 0 Å². The summed E-state index contributed by atoms with van der Waals surface area (Å²) in [5.74, 6) is -0.268. The first-order chi connectivity index (χ1) is 6.92. The van der Waals surface area contributed by atoms with Gasteiger partial charge in [-0.2, -0.15) is 0 Å². The molecule has 0 spiro atoms. The van der Waals surface area contributed by atoms with Crippen LogP contribution in [-0.2, 0) is 0 Å². The average Bonchev–Trinajstić information content (AvgIpc) is 2.15. The summed E-state index contributed by atoms with van der Waals surface area (Å²) in [4.78, 5) is 0. The lowest BCUT2D eigenvalue weighted by Gasteiger charge is -2.11. The normalized spacial score (nSPS) is 12.8. The van der Waals surface area contributed by atoms with E-state index in [9.17, 15) is 13.2 Å². The zero-order chi connectivity index (χ0) is 11.5. The van der Waals surface area contributed by atoms with Gasteiger partial charge in [-0.05, 0) is 17.7 Å². The zero-order valence-corrected chi connectivity index (χ0v) is 9.02. The summed E-state index contributed by atoms with van der Waals surface area (Å²) in [5, 5.41) is 0. The maximum atomic E-state index is 11.8. The molecule has 0 aromatic heterocycles. The Morgan fingerprint density at radius 2 is 1.69 bits per heavy atom. The number of benzene rings is 1. The Balaban J connectivity index is 0.00000225. The maximum Gasteiger partial charge on any atom is 0.573 e. The molecule has 0 radical (unpaired) electrons. The van der Waals surface area contributed by atoms with E-state index in [0.717, 1.165) is 0 Å². The molecular weight excluding hydrogens is 245 g/mol. The van der Waals surface area contributed by atoms with Crippen LogP contribution in [0.5, 0.6) is 5.75 Å². The molecule has 0 saturated carbocycles. The van der Waals surface area contributed by atoms with Crippen LogP contribution in [0, 0.1) is 0 Å². The van der Waals surface area contributed by atoms with E-state index in [1.54, 1.807) is 0 Å². The average molecular weight is 257 g/mol. The van der Waals surface area contributed by atoms with Crippen molar-refractivity contribution in [3.05, 3.63) is 29.8 Å². The van der Waals surface area contributed by atoms with Crippen LogP contribution in [0.25, 0.3) is 0 Å². The highest BCUT2D eigenvalue weighted by atomic mass is 35.5. The Labute approximate surface area is 97.0 Å². The lowest BCUT2D eigenvalue weighted by Crippen LogP contribution is -2.21. The van der Waals surface area contributed by atoms with Gasteiger partial charge in [0.2, 0.25) is 0 Å². The molecule has 3 nitrogen and oxygen atoms in total. The zero-order valence-electron chi connectivity index (χ0n) is 8.20. The van der Waals surface area contributed by atoms with Crippen molar-refractivity contribution in [2.75, 3.05) is 6.54 Å². The molecule has 0 amide bonds. The molecule has 0 aliphatic carbocycles. The third kappa shape index (κ3) is 4.69. The summed E-state index contributed by atoms with van der Waals surface area (Å²) in [6, 6.07) is 4.96. The monoisotopic (exact) mass is 256 g/mol. The predicted molar refractivity (Wildman–Crippen MR) is 56.4 cm³/mol. The Bertz CT molecular complexity index is 316. The molecule has 92 valence electrons. The molecule has 1 atom stereocenters. The van der Waals surface area contributed by atoms with Gasteiger partial charge in [0.25, 0.3) is 0 Å². The fraction of sp³-hybridized carbons (Fsp3) is 0.333. The van der Waals surface area contributed by atoms with Crippen LogP contribution in [0.4, 0.5) is 13.2 Å². The van der Waals surface area contributed by atoms with E-state index in [1.807, 2.05) is 0 Å². The van der Waals surface area contributed by atoms with Crippen molar-refractivity contribution in [2.45, 2.75) is 12.4 Å². The van der Waals surface area contributed by atoms with E-state index in [4.69, 9.17) is 11.5 Å². The molecule has 0 unspecified atom stereocenters. The van der Waals surface area contributed by atoms with Gasteiger partial charge in [-0.25, -0.2) is 0 Å². The van der Waals surface area contributed by atoms with E-state index in [-0.39, 0.29) is 30.7 Å². The highest BCUT2D eigenvalue weighted by Crippen LogP contribution is 2.23. The highest BCUT2D eigenvalue weighted by molar-refractivity contribution is 5.85. The first kappa shape index (κ1) is 15.0. The van der Waals surface area contributed by atoms with E-state index >= 15 is 0 Å². The lowest BCUT2D eigenvalue weighted by atomic mass is 10.1. The molecule has 0 bridgehead atoms. The molecule has 1 aromatic carbocycles. The molecule has 0 aliphatic rings. The first-order valence-corrected chi connectivity index (χ1v) is 4.24. The fourth-order valence-electron chi connectivity index (χ4n) is 1.05. The molecule has 1 aromatic rings. The number of ether oxygens (including phenoxy) is 1. The standard InChI is InChI=1S/C9H11F3N2O.ClH/c10-9(11,12)15-7-3-1-6(2-4-7)8(14)5-13;/h1-4,8H,5,13-14H2;1H/t8-;/m1./s1. The Hall–Kier alpha value is -0.980. The molecule has 7 heteroatoms. The molecular formula is C9H12ClF3N2O.